The molecular weight excluding hydrogens is 264 g/mol. The second kappa shape index (κ2) is 5.06. The Bertz CT molecular complexity index is 416. The van der Waals surface area contributed by atoms with E-state index < -0.39 is 10.5 Å². The predicted octanol–water partition coefficient (Wildman–Crippen LogP) is 1.79. The molecule has 1 aromatic heterocycles. The number of hydrogen-bond donors (Lipinski definition) is 0. The molecule has 0 N–H and O–H groups in total. The molecule has 82 valence electrons. The monoisotopic (exact) mass is 274 g/mol. The van der Waals surface area contributed by atoms with Gasteiger partial charge in [0.1, 0.15) is 0 Å². The first-order valence-corrected chi connectivity index (χ1v) is 5.58. The van der Waals surface area contributed by atoms with E-state index in [-0.39, 0.29) is 11.6 Å². The molecule has 6 heteroatoms. The molecule has 0 bridgehead atoms. The Hall–Kier alpha value is -1.17. The van der Waals surface area contributed by atoms with Gasteiger partial charge in [0.25, 0.3) is 0 Å². The standard InChI is InChI=1S/C9H11BrN2O3/c1-7(5-10)6-11-4-2-3-8(9(11)13)12(14)15/h2-4,7H,5-6H2,1H3. The smallest absolute Gasteiger partial charge is 0.309 e. The zero-order chi connectivity index (χ0) is 11.4. The molecule has 1 unspecified atom stereocenters. The maximum Gasteiger partial charge on any atom is 0.334 e. The third-order valence-electron chi connectivity index (χ3n) is 1.97. The lowest BCUT2D eigenvalue weighted by molar-refractivity contribution is -0.386. The van der Waals surface area contributed by atoms with Crippen molar-refractivity contribution in [2.75, 3.05) is 5.33 Å². The number of alkyl halides is 1. The van der Waals surface area contributed by atoms with Gasteiger partial charge in [0.15, 0.2) is 0 Å². The summed E-state index contributed by atoms with van der Waals surface area (Å²) in [4.78, 5) is 21.4. The maximum atomic E-state index is 11.6. The molecule has 0 fully saturated rings. The van der Waals surface area contributed by atoms with Crippen molar-refractivity contribution >= 4 is 21.6 Å². The van der Waals surface area contributed by atoms with Crippen LogP contribution in [0.2, 0.25) is 0 Å². The average Bonchev–Trinajstić information content (AvgIpc) is 2.20. The van der Waals surface area contributed by atoms with Gasteiger partial charge in [-0.15, -0.1) is 0 Å². The summed E-state index contributed by atoms with van der Waals surface area (Å²) in [5, 5.41) is 11.3. The fraction of sp³-hybridized carbons (Fsp3) is 0.444. The first-order valence-electron chi connectivity index (χ1n) is 4.46. The molecule has 1 aromatic rings. The van der Waals surface area contributed by atoms with Gasteiger partial charge in [-0.2, -0.15) is 0 Å². The summed E-state index contributed by atoms with van der Waals surface area (Å²) in [5.74, 6) is 0.254. The number of pyridine rings is 1. The fourth-order valence-electron chi connectivity index (χ4n) is 1.19. The van der Waals surface area contributed by atoms with Gasteiger partial charge in [-0.05, 0) is 12.0 Å². The van der Waals surface area contributed by atoms with E-state index in [0.717, 1.165) is 5.33 Å². The number of nitrogens with zero attached hydrogens (tertiary/aromatic N) is 2. The first kappa shape index (κ1) is 11.9. The summed E-state index contributed by atoms with van der Waals surface area (Å²) in [6, 6.07) is 2.73. The minimum absolute atomic E-state index is 0.254. The van der Waals surface area contributed by atoms with Crippen LogP contribution in [-0.4, -0.2) is 14.8 Å². The quantitative estimate of drug-likeness (QED) is 0.478. The molecule has 0 amide bonds. The lowest BCUT2D eigenvalue weighted by Crippen LogP contribution is -2.24. The SMILES string of the molecule is CC(CBr)Cn1cccc([N+](=O)[O-])c1=O. The van der Waals surface area contributed by atoms with E-state index >= 15 is 0 Å². The summed E-state index contributed by atoms with van der Waals surface area (Å²) in [5.41, 5.74) is -0.922. The molecule has 1 atom stereocenters. The molecule has 0 aliphatic carbocycles. The highest BCUT2D eigenvalue weighted by Gasteiger charge is 2.14. The fourth-order valence-corrected chi connectivity index (χ4v) is 1.40. The van der Waals surface area contributed by atoms with Gasteiger partial charge in [-0.25, -0.2) is 0 Å². The minimum Gasteiger partial charge on any atom is -0.309 e. The van der Waals surface area contributed by atoms with Gasteiger partial charge < -0.3 is 4.57 Å². The van der Waals surface area contributed by atoms with Crippen molar-refractivity contribution < 1.29 is 4.92 Å². The van der Waals surface area contributed by atoms with Crippen molar-refractivity contribution in [3.8, 4) is 0 Å². The van der Waals surface area contributed by atoms with Crippen LogP contribution in [-0.2, 0) is 6.54 Å². The van der Waals surface area contributed by atoms with Gasteiger partial charge >= 0.3 is 11.2 Å². The van der Waals surface area contributed by atoms with Crippen LogP contribution in [0.5, 0.6) is 0 Å². The van der Waals surface area contributed by atoms with Gasteiger partial charge in [0.2, 0.25) is 0 Å². The highest BCUT2D eigenvalue weighted by atomic mass is 79.9. The van der Waals surface area contributed by atoms with Crippen LogP contribution in [0.25, 0.3) is 0 Å². The molecule has 0 aliphatic rings. The third kappa shape index (κ3) is 2.89. The predicted molar refractivity (Wildman–Crippen MR) is 60.3 cm³/mol. The zero-order valence-electron chi connectivity index (χ0n) is 8.22. The number of aromatic nitrogens is 1. The molecule has 1 heterocycles. The van der Waals surface area contributed by atoms with E-state index in [1.54, 1.807) is 6.20 Å². The molecule has 0 saturated heterocycles. The molecule has 0 saturated carbocycles. The second-order valence-corrected chi connectivity index (χ2v) is 4.02. The lowest BCUT2D eigenvalue weighted by atomic mass is 10.2. The van der Waals surface area contributed by atoms with Crippen LogP contribution in [0.4, 0.5) is 5.69 Å². The average molecular weight is 275 g/mol. The minimum atomic E-state index is -0.655. The van der Waals surface area contributed by atoms with Crippen LogP contribution < -0.4 is 5.56 Å². The van der Waals surface area contributed by atoms with E-state index in [9.17, 15) is 14.9 Å². The Balaban J connectivity index is 3.05. The van der Waals surface area contributed by atoms with Gasteiger partial charge in [-0.1, -0.05) is 22.9 Å². The van der Waals surface area contributed by atoms with Crippen molar-refractivity contribution in [1.29, 1.82) is 0 Å². The van der Waals surface area contributed by atoms with Crippen LogP contribution in [0.15, 0.2) is 23.1 Å². The first-order chi connectivity index (χ1) is 7.06. The highest BCUT2D eigenvalue weighted by Crippen LogP contribution is 2.06. The maximum absolute atomic E-state index is 11.6. The van der Waals surface area contributed by atoms with E-state index in [0.29, 0.717) is 6.54 Å². The van der Waals surface area contributed by atoms with E-state index in [1.807, 2.05) is 6.92 Å². The summed E-state index contributed by atoms with van der Waals surface area (Å²) >= 11 is 3.30. The lowest BCUT2D eigenvalue weighted by Gasteiger charge is -2.09. The van der Waals surface area contributed by atoms with Crippen molar-refractivity contribution in [2.24, 2.45) is 5.92 Å². The van der Waals surface area contributed by atoms with Gasteiger partial charge in [-0.3, -0.25) is 14.9 Å². The zero-order valence-corrected chi connectivity index (χ0v) is 9.81. The molecule has 0 aromatic carbocycles. The molecule has 0 aliphatic heterocycles. The Morgan fingerprint density at radius 2 is 2.33 bits per heavy atom. The summed E-state index contributed by atoms with van der Waals surface area (Å²) in [7, 11) is 0. The largest absolute Gasteiger partial charge is 0.334 e. The Labute approximate surface area is 95.0 Å². The van der Waals surface area contributed by atoms with E-state index in [4.69, 9.17) is 0 Å². The van der Waals surface area contributed by atoms with Crippen LogP contribution in [0, 0.1) is 16.0 Å². The topological polar surface area (TPSA) is 65.1 Å². The molecule has 5 nitrogen and oxygen atoms in total. The molecule has 1 rings (SSSR count). The molecule has 15 heavy (non-hydrogen) atoms. The number of nitro groups is 1. The normalized spacial score (nSPS) is 12.4. The van der Waals surface area contributed by atoms with Crippen LogP contribution >= 0.6 is 15.9 Å². The van der Waals surface area contributed by atoms with Gasteiger partial charge in [0, 0.05) is 24.1 Å². The Kier molecular flexibility index (Phi) is 4.02. The van der Waals surface area contributed by atoms with Gasteiger partial charge in [0.05, 0.1) is 4.92 Å². The second-order valence-electron chi connectivity index (χ2n) is 3.37. The summed E-state index contributed by atoms with van der Waals surface area (Å²) < 4.78 is 1.37. The molecule has 0 spiro atoms. The number of halogens is 1. The Morgan fingerprint density at radius 3 is 2.87 bits per heavy atom. The van der Waals surface area contributed by atoms with E-state index in [1.165, 1.54) is 16.7 Å². The number of rotatable bonds is 4. The molecular formula is C9H11BrN2O3. The van der Waals surface area contributed by atoms with Crippen LogP contribution in [0.3, 0.4) is 0 Å². The Morgan fingerprint density at radius 1 is 1.67 bits per heavy atom. The highest BCUT2D eigenvalue weighted by molar-refractivity contribution is 9.09. The third-order valence-corrected chi connectivity index (χ3v) is 3.07. The summed E-state index contributed by atoms with van der Waals surface area (Å²) in [6.07, 6.45) is 1.56. The van der Waals surface area contributed by atoms with Crippen molar-refractivity contribution in [3.05, 3.63) is 38.8 Å². The van der Waals surface area contributed by atoms with E-state index in [2.05, 4.69) is 15.9 Å². The van der Waals surface area contributed by atoms with Crippen molar-refractivity contribution in [3.63, 3.8) is 0 Å². The van der Waals surface area contributed by atoms with Crippen molar-refractivity contribution in [1.82, 2.24) is 4.57 Å². The van der Waals surface area contributed by atoms with Crippen molar-refractivity contribution in [2.45, 2.75) is 13.5 Å². The summed E-state index contributed by atoms with van der Waals surface area (Å²) in [6.45, 7) is 2.44. The van der Waals surface area contributed by atoms with Crippen LogP contribution in [0.1, 0.15) is 6.92 Å². The molecule has 0 radical (unpaired) electrons. The number of hydrogen-bond acceptors (Lipinski definition) is 3.